The third-order valence-electron chi connectivity index (χ3n) is 3.45. The van der Waals surface area contributed by atoms with Crippen LogP contribution in [0.4, 0.5) is 17.1 Å². The molecule has 0 aliphatic heterocycles. The van der Waals surface area contributed by atoms with Crippen molar-refractivity contribution < 1.29 is 14.6 Å². The first-order chi connectivity index (χ1) is 11.8. The summed E-state index contributed by atoms with van der Waals surface area (Å²) < 4.78 is 0. The molecule has 0 aliphatic carbocycles. The fourth-order valence-electron chi connectivity index (χ4n) is 2.32. The molecule has 25 heavy (non-hydrogen) atoms. The Hall–Kier alpha value is -3.55. The average Bonchev–Trinajstić information content (AvgIpc) is 2.52. The largest absolute Gasteiger partial charge is 0.326 e. The molecular formula is C17H15N3O5. The first-order valence-corrected chi connectivity index (χ1v) is 7.27. The van der Waals surface area contributed by atoms with Crippen molar-refractivity contribution in [2.45, 2.75) is 13.8 Å². The second-order valence-corrected chi connectivity index (χ2v) is 5.31. The van der Waals surface area contributed by atoms with Gasteiger partial charge in [-0.3, -0.25) is 25.0 Å². The van der Waals surface area contributed by atoms with Gasteiger partial charge in [0.1, 0.15) is 0 Å². The number of nitro groups is 2. The van der Waals surface area contributed by atoms with Crippen LogP contribution in [0.1, 0.15) is 23.6 Å². The highest BCUT2D eigenvalue weighted by Gasteiger charge is 2.21. The van der Waals surface area contributed by atoms with Crippen molar-refractivity contribution in [2.75, 3.05) is 5.32 Å². The molecule has 0 heterocycles. The van der Waals surface area contributed by atoms with E-state index in [-0.39, 0.29) is 22.8 Å². The first-order valence-electron chi connectivity index (χ1n) is 7.27. The van der Waals surface area contributed by atoms with E-state index in [2.05, 4.69) is 5.32 Å². The number of para-hydroxylation sites is 1. The van der Waals surface area contributed by atoms with Gasteiger partial charge in [0.15, 0.2) is 0 Å². The zero-order valence-electron chi connectivity index (χ0n) is 13.6. The Morgan fingerprint density at radius 3 is 2.20 bits per heavy atom. The Balaban J connectivity index is 2.48. The maximum absolute atomic E-state index is 11.2. The maximum Gasteiger partial charge on any atom is 0.283 e. The predicted molar refractivity (Wildman–Crippen MR) is 94.2 cm³/mol. The van der Waals surface area contributed by atoms with Crippen LogP contribution in [0.3, 0.4) is 0 Å². The number of nitrogens with zero attached hydrogens (tertiary/aromatic N) is 2. The smallest absolute Gasteiger partial charge is 0.283 e. The molecule has 2 aromatic rings. The summed E-state index contributed by atoms with van der Waals surface area (Å²) in [5.74, 6) is -0.238. The molecule has 1 N–H and O–H groups in total. The molecule has 0 saturated carbocycles. The van der Waals surface area contributed by atoms with E-state index in [1.807, 2.05) is 0 Å². The fraction of sp³-hybridized carbons (Fsp3) is 0.118. The summed E-state index contributed by atoms with van der Waals surface area (Å²) in [6, 6.07) is 9.31. The van der Waals surface area contributed by atoms with Crippen LogP contribution in [0.2, 0.25) is 0 Å². The van der Waals surface area contributed by atoms with Gasteiger partial charge < -0.3 is 5.32 Å². The lowest BCUT2D eigenvalue weighted by atomic mass is 10.0. The molecule has 0 radical (unpaired) electrons. The number of benzene rings is 2. The Bertz CT molecular complexity index is 890. The first kappa shape index (κ1) is 17.8. The van der Waals surface area contributed by atoms with Crippen LogP contribution in [-0.2, 0) is 4.79 Å². The quantitative estimate of drug-likeness (QED) is 0.502. The molecule has 0 spiro atoms. The van der Waals surface area contributed by atoms with E-state index in [0.29, 0.717) is 16.8 Å². The Morgan fingerprint density at radius 2 is 1.60 bits per heavy atom. The van der Waals surface area contributed by atoms with Gasteiger partial charge in [-0.25, -0.2) is 0 Å². The van der Waals surface area contributed by atoms with Crippen molar-refractivity contribution in [1.29, 1.82) is 0 Å². The highest BCUT2D eigenvalue weighted by Crippen LogP contribution is 2.30. The van der Waals surface area contributed by atoms with Crippen LogP contribution in [0.15, 0.2) is 36.4 Å². The molecule has 2 aromatic carbocycles. The highest BCUT2D eigenvalue weighted by atomic mass is 16.6. The molecule has 128 valence electrons. The molecule has 0 saturated heterocycles. The van der Waals surface area contributed by atoms with Crippen LogP contribution in [0, 0.1) is 27.2 Å². The molecular weight excluding hydrogens is 326 g/mol. The predicted octanol–water partition coefficient (Wildman–Crippen LogP) is 3.94. The van der Waals surface area contributed by atoms with Crippen molar-refractivity contribution in [1.82, 2.24) is 0 Å². The lowest BCUT2D eigenvalue weighted by Gasteiger charge is -2.06. The van der Waals surface area contributed by atoms with Gasteiger partial charge in [0.25, 0.3) is 11.4 Å². The minimum atomic E-state index is -0.661. The van der Waals surface area contributed by atoms with Crippen molar-refractivity contribution >= 4 is 35.1 Å². The number of nitrogens with one attached hydrogen (secondary N) is 1. The topological polar surface area (TPSA) is 115 Å². The number of anilines is 1. The zero-order valence-corrected chi connectivity index (χ0v) is 13.6. The van der Waals surface area contributed by atoms with Gasteiger partial charge >= 0.3 is 0 Å². The van der Waals surface area contributed by atoms with E-state index in [4.69, 9.17) is 0 Å². The minimum absolute atomic E-state index is 0.238. The maximum atomic E-state index is 11.2. The Kier molecular flexibility index (Phi) is 5.23. The van der Waals surface area contributed by atoms with E-state index in [1.165, 1.54) is 26.0 Å². The van der Waals surface area contributed by atoms with Gasteiger partial charge in [-0.05, 0) is 30.7 Å². The molecule has 0 unspecified atom stereocenters. The fourth-order valence-corrected chi connectivity index (χ4v) is 2.32. The number of aryl methyl sites for hydroxylation is 1. The van der Waals surface area contributed by atoms with E-state index >= 15 is 0 Å². The van der Waals surface area contributed by atoms with E-state index in [9.17, 15) is 25.0 Å². The number of nitro benzene ring substituents is 2. The van der Waals surface area contributed by atoms with Gasteiger partial charge in [-0.1, -0.05) is 24.3 Å². The van der Waals surface area contributed by atoms with Crippen LogP contribution in [-0.4, -0.2) is 15.8 Å². The number of carbonyl (C=O) groups is 1. The average molecular weight is 341 g/mol. The number of rotatable bonds is 5. The van der Waals surface area contributed by atoms with Crippen LogP contribution >= 0.6 is 0 Å². The van der Waals surface area contributed by atoms with Crippen molar-refractivity contribution in [3.63, 3.8) is 0 Å². The van der Waals surface area contributed by atoms with Crippen LogP contribution in [0.25, 0.3) is 12.2 Å². The summed E-state index contributed by atoms with van der Waals surface area (Å²) in [7, 11) is 0. The summed E-state index contributed by atoms with van der Waals surface area (Å²) >= 11 is 0. The second kappa shape index (κ2) is 7.35. The highest BCUT2D eigenvalue weighted by molar-refractivity contribution is 5.92. The van der Waals surface area contributed by atoms with Crippen molar-refractivity contribution in [3.8, 4) is 0 Å². The van der Waals surface area contributed by atoms with Crippen molar-refractivity contribution in [2.24, 2.45) is 0 Å². The number of carbonyl (C=O) groups excluding carboxylic acids is 1. The molecule has 0 fully saturated rings. The molecule has 1 amide bonds. The van der Waals surface area contributed by atoms with E-state index < -0.39 is 9.85 Å². The van der Waals surface area contributed by atoms with Crippen molar-refractivity contribution in [3.05, 3.63) is 73.3 Å². The summed E-state index contributed by atoms with van der Waals surface area (Å²) in [4.78, 5) is 32.1. The van der Waals surface area contributed by atoms with E-state index in [1.54, 1.807) is 30.3 Å². The molecule has 0 aromatic heterocycles. The number of amides is 1. The Morgan fingerprint density at radius 1 is 1.00 bits per heavy atom. The van der Waals surface area contributed by atoms with Gasteiger partial charge in [0, 0.05) is 18.2 Å². The summed E-state index contributed by atoms with van der Waals surface area (Å²) in [6.45, 7) is 2.90. The van der Waals surface area contributed by atoms with Crippen LogP contribution in [0.5, 0.6) is 0 Å². The molecule has 0 bridgehead atoms. The second-order valence-electron chi connectivity index (χ2n) is 5.31. The minimum Gasteiger partial charge on any atom is -0.326 e. The molecule has 0 aliphatic rings. The Labute approximate surface area is 143 Å². The SMILES string of the molecule is CC(=O)Nc1ccccc1C=Cc1cc(C)c([N+](=O)[O-])cc1[N+](=O)[O-]. The molecule has 8 heteroatoms. The summed E-state index contributed by atoms with van der Waals surface area (Å²) in [5.41, 5.74) is 1.12. The van der Waals surface area contributed by atoms with E-state index in [0.717, 1.165) is 6.07 Å². The number of hydrogen-bond donors (Lipinski definition) is 1. The van der Waals surface area contributed by atoms with Gasteiger partial charge in [0.05, 0.1) is 21.5 Å². The lowest BCUT2D eigenvalue weighted by Crippen LogP contribution is -2.06. The van der Waals surface area contributed by atoms with Gasteiger partial charge in [0.2, 0.25) is 5.91 Å². The monoisotopic (exact) mass is 341 g/mol. The normalized spacial score (nSPS) is 10.6. The molecule has 8 nitrogen and oxygen atoms in total. The summed E-state index contributed by atoms with van der Waals surface area (Å²) in [5, 5.41) is 24.9. The molecule has 0 atom stereocenters. The van der Waals surface area contributed by atoms with Gasteiger partial charge in [-0.15, -0.1) is 0 Å². The zero-order chi connectivity index (χ0) is 18.6. The van der Waals surface area contributed by atoms with Crippen LogP contribution < -0.4 is 5.32 Å². The lowest BCUT2D eigenvalue weighted by molar-refractivity contribution is -0.394. The van der Waals surface area contributed by atoms with Gasteiger partial charge in [-0.2, -0.15) is 0 Å². The number of hydrogen-bond acceptors (Lipinski definition) is 5. The summed E-state index contributed by atoms with van der Waals surface area (Å²) in [6.07, 6.45) is 3.11. The third kappa shape index (κ3) is 4.25. The molecule has 2 rings (SSSR count). The third-order valence-corrected chi connectivity index (χ3v) is 3.45. The standard InChI is InChI=1S/C17H15N3O5/c1-11-9-14(17(20(24)25)10-16(11)19(22)23)8-7-13-5-3-4-6-15(13)18-12(2)21/h3-10H,1-2H3,(H,18,21).